The van der Waals surface area contributed by atoms with Crippen LogP contribution in [0.1, 0.15) is 20.3 Å². The highest BCUT2D eigenvalue weighted by atomic mass is 32.1. The number of nitrogens with one attached hydrogen (secondary N) is 1. The molecule has 13 heavy (non-hydrogen) atoms. The second-order valence-corrected chi connectivity index (χ2v) is 5.06. The maximum Gasteiger partial charge on any atom is 0.221 e. The van der Waals surface area contributed by atoms with Gasteiger partial charge in [-0.05, 0) is 0 Å². The van der Waals surface area contributed by atoms with Crippen LogP contribution in [0.4, 0.5) is 0 Å². The Bertz CT molecular complexity index is 189. The van der Waals surface area contributed by atoms with E-state index < -0.39 is 6.04 Å². The lowest BCUT2D eigenvalue weighted by Gasteiger charge is -2.17. The summed E-state index contributed by atoms with van der Waals surface area (Å²) >= 11 is 8.12. The van der Waals surface area contributed by atoms with Gasteiger partial charge in [-0.3, -0.25) is 4.79 Å². The van der Waals surface area contributed by atoms with E-state index in [9.17, 15) is 9.59 Å². The van der Waals surface area contributed by atoms with Gasteiger partial charge in [0.15, 0.2) is 0 Å². The monoisotopic (exact) mass is 221 g/mol. The zero-order valence-electron chi connectivity index (χ0n) is 7.78. The minimum absolute atomic E-state index is 0.175. The molecule has 1 amide bonds. The molecule has 0 aromatic carbocycles. The van der Waals surface area contributed by atoms with Crippen molar-refractivity contribution in [3.05, 3.63) is 0 Å². The molecule has 5 heteroatoms. The van der Waals surface area contributed by atoms with Crippen LogP contribution in [0.25, 0.3) is 0 Å². The van der Waals surface area contributed by atoms with Crippen LogP contribution in [-0.4, -0.2) is 28.7 Å². The molecule has 1 N–H and O–H groups in total. The normalized spacial score (nSPS) is 13.5. The van der Waals surface area contributed by atoms with Crippen LogP contribution in [0.15, 0.2) is 0 Å². The largest absolute Gasteiger partial charge is 0.346 e. The molecule has 0 bridgehead atoms. The van der Waals surface area contributed by atoms with E-state index in [0.717, 1.165) is 0 Å². The predicted molar refractivity (Wildman–Crippen MR) is 59.5 cm³/mol. The van der Waals surface area contributed by atoms with E-state index in [1.54, 1.807) is 0 Å². The molecular formula is C8H15NO2S2. The van der Waals surface area contributed by atoms with Crippen molar-refractivity contribution in [3.63, 3.8) is 0 Å². The first-order valence-electron chi connectivity index (χ1n) is 3.97. The molecule has 0 aromatic rings. The molecule has 0 radical (unpaired) electrons. The third-order valence-corrected chi connectivity index (χ3v) is 1.85. The van der Waals surface area contributed by atoms with Gasteiger partial charge in [-0.1, -0.05) is 13.8 Å². The average Bonchev–Trinajstić information content (AvgIpc) is 1.96. The van der Waals surface area contributed by atoms with Crippen LogP contribution in [0.2, 0.25) is 0 Å². The SMILES string of the molecule is CC(C)(S)CC(=O)NC(C=O)CS. The van der Waals surface area contributed by atoms with Gasteiger partial charge < -0.3 is 10.1 Å². The van der Waals surface area contributed by atoms with Gasteiger partial charge in [0.05, 0.1) is 6.04 Å². The van der Waals surface area contributed by atoms with Crippen LogP contribution in [0, 0.1) is 0 Å². The molecule has 76 valence electrons. The molecule has 0 fully saturated rings. The summed E-state index contributed by atoms with van der Waals surface area (Å²) in [7, 11) is 0. The summed E-state index contributed by atoms with van der Waals surface area (Å²) in [5.74, 6) is 0.147. The first kappa shape index (κ1) is 12.8. The van der Waals surface area contributed by atoms with E-state index >= 15 is 0 Å². The van der Waals surface area contributed by atoms with Gasteiger partial charge in [-0.2, -0.15) is 25.3 Å². The maximum absolute atomic E-state index is 11.2. The lowest BCUT2D eigenvalue weighted by molar-refractivity contribution is -0.124. The van der Waals surface area contributed by atoms with Gasteiger partial charge in [0.1, 0.15) is 6.29 Å². The fraction of sp³-hybridized carbons (Fsp3) is 0.750. The minimum atomic E-state index is -0.494. The Balaban J connectivity index is 3.93. The molecule has 0 heterocycles. The zero-order valence-corrected chi connectivity index (χ0v) is 9.57. The number of rotatable bonds is 5. The molecule has 0 saturated heterocycles. The van der Waals surface area contributed by atoms with Crippen molar-refractivity contribution in [2.45, 2.75) is 31.1 Å². The Morgan fingerprint density at radius 3 is 2.46 bits per heavy atom. The van der Waals surface area contributed by atoms with Crippen LogP contribution < -0.4 is 5.32 Å². The molecule has 0 saturated carbocycles. The molecule has 0 rings (SSSR count). The van der Waals surface area contributed by atoms with Crippen molar-refractivity contribution in [1.29, 1.82) is 0 Å². The number of carbonyl (C=O) groups excluding carboxylic acids is 2. The number of hydrogen-bond acceptors (Lipinski definition) is 4. The summed E-state index contributed by atoms with van der Waals surface area (Å²) in [6, 6.07) is -0.494. The van der Waals surface area contributed by atoms with Crippen LogP contribution in [-0.2, 0) is 9.59 Å². The van der Waals surface area contributed by atoms with Crippen molar-refractivity contribution in [2.24, 2.45) is 0 Å². The first-order chi connectivity index (χ1) is 5.89. The van der Waals surface area contributed by atoms with E-state index in [4.69, 9.17) is 0 Å². The van der Waals surface area contributed by atoms with Gasteiger partial charge in [-0.25, -0.2) is 0 Å². The molecule has 0 aliphatic carbocycles. The summed E-state index contributed by atoms with van der Waals surface area (Å²) in [6.07, 6.45) is 0.963. The number of aldehydes is 1. The number of thiol groups is 2. The fourth-order valence-electron chi connectivity index (χ4n) is 0.773. The Hall–Kier alpha value is -0.160. The molecule has 1 atom stereocenters. The fourth-order valence-corrected chi connectivity index (χ4v) is 1.09. The summed E-state index contributed by atoms with van der Waals surface area (Å²) in [5.41, 5.74) is 0. The summed E-state index contributed by atoms with van der Waals surface area (Å²) < 4.78 is -0.353. The molecule has 0 spiro atoms. The van der Waals surface area contributed by atoms with Gasteiger partial charge in [0, 0.05) is 16.9 Å². The van der Waals surface area contributed by atoms with E-state index in [0.29, 0.717) is 12.0 Å². The molecule has 1 unspecified atom stereocenters. The lowest BCUT2D eigenvalue weighted by Crippen LogP contribution is -2.39. The van der Waals surface area contributed by atoms with Gasteiger partial charge in [0.2, 0.25) is 5.91 Å². The van der Waals surface area contributed by atoms with E-state index in [2.05, 4.69) is 30.6 Å². The summed E-state index contributed by atoms with van der Waals surface area (Å²) in [4.78, 5) is 21.6. The molecule has 0 aliphatic heterocycles. The van der Waals surface area contributed by atoms with Crippen molar-refractivity contribution >= 4 is 37.5 Å². The van der Waals surface area contributed by atoms with Crippen LogP contribution >= 0.6 is 25.3 Å². The Morgan fingerprint density at radius 1 is 1.62 bits per heavy atom. The van der Waals surface area contributed by atoms with Crippen molar-refractivity contribution in [2.75, 3.05) is 5.75 Å². The van der Waals surface area contributed by atoms with Crippen LogP contribution in [0.3, 0.4) is 0 Å². The average molecular weight is 221 g/mol. The second kappa shape index (κ2) is 5.54. The standard InChI is InChI=1S/C8H15NO2S2/c1-8(2,13)3-7(11)9-6(4-10)5-12/h4,6,12-13H,3,5H2,1-2H3,(H,9,11). The van der Waals surface area contributed by atoms with Crippen molar-refractivity contribution in [3.8, 4) is 0 Å². The topological polar surface area (TPSA) is 46.2 Å². The third kappa shape index (κ3) is 6.95. The minimum Gasteiger partial charge on any atom is -0.346 e. The van der Waals surface area contributed by atoms with Crippen molar-refractivity contribution < 1.29 is 9.59 Å². The smallest absolute Gasteiger partial charge is 0.221 e. The molecular weight excluding hydrogens is 206 g/mol. The highest BCUT2D eigenvalue weighted by Crippen LogP contribution is 2.16. The number of hydrogen-bond donors (Lipinski definition) is 3. The van der Waals surface area contributed by atoms with Crippen molar-refractivity contribution in [1.82, 2.24) is 5.32 Å². The quantitative estimate of drug-likeness (QED) is 0.473. The van der Waals surface area contributed by atoms with E-state index in [1.165, 1.54) is 0 Å². The van der Waals surface area contributed by atoms with Gasteiger partial charge in [-0.15, -0.1) is 0 Å². The predicted octanol–water partition coefficient (Wildman–Crippen LogP) is 0.698. The Kier molecular flexibility index (Phi) is 5.48. The van der Waals surface area contributed by atoms with E-state index in [1.807, 2.05) is 13.8 Å². The van der Waals surface area contributed by atoms with E-state index in [-0.39, 0.29) is 17.1 Å². The van der Waals surface area contributed by atoms with Crippen LogP contribution in [0.5, 0.6) is 0 Å². The molecule has 0 aromatic heterocycles. The number of amides is 1. The zero-order chi connectivity index (χ0) is 10.5. The second-order valence-electron chi connectivity index (χ2n) is 3.48. The summed E-state index contributed by atoms with van der Waals surface area (Å²) in [6.45, 7) is 3.68. The van der Waals surface area contributed by atoms with Gasteiger partial charge in [0.25, 0.3) is 0 Å². The number of carbonyl (C=O) groups is 2. The third-order valence-electron chi connectivity index (χ3n) is 1.30. The highest BCUT2D eigenvalue weighted by molar-refractivity contribution is 7.81. The first-order valence-corrected chi connectivity index (χ1v) is 5.05. The summed E-state index contributed by atoms with van der Waals surface area (Å²) in [5, 5.41) is 2.54. The lowest BCUT2D eigenvalue weighted by atomic mass is 10.1. The highest BCUT2D eigenvalue weighted by Gasteiger charge is 2.18. The molecule has 0 aliphatic rings. The Morgan fingerprint density at radius 2 is 2.15 bits per heavy atom. The Labute approximate surface area is 89.5 Å². The van der Waals surface area contributed by atoms with Gasteiger partial charge >= 0.3 is 0 Å². The maximum atomic E-state index is 11.2. The molecule has 3 nitrogen and oxygen atoms in total.